The predicted octanol–water partition coefficient (Wildman–Crippen LogP) is 4.37. The zero-order valence-electron chi connectivity index (χ0n) is 22.2. The Balaban J connectivity index is 1.51. The van der Waals surface area contributed by atoms with Gasteiger partial charge in [-0.2, -0.15) is 9.97 Å². The van der Waals surface area contributed by atoms with Gasteiger partial charge in [0.05, 0.1) is 13.1 Å². The SMILES string of the molecule is NC1CCCN(c2nc3nc(NCc4ccccc4)n(Cc4ccccc4F)c(=O)c3n2Cc2ccccc2)C1. The summed E-state index contributed by atoms with van der Waals surface area (Å²) in [6, 6.07) is 26.4. The smallest absolute Gasteiger partial charge is 0.281 e. The third-order valence-electron chi connectivity index (χ3n) is 7.35. The summed E-state index contributed by atoms with van der Waals surface area (Å²) < 4.78 is 18.2. The third kappa shape index (κ3) is 5.33. The first-order chi connectivity index (χ1) is 19.6. The molecule has 3 N–H and O–H groups in total. The minimum absolute atomic E-state index is 0.0337. The number of anilines is 2. The van der Waals surface area contributed by atoms with E-state index in [2.05, 4.69) is 10.2 Å². The van der Waals surface area contributed by atoms with Crippen molar-refractivity contribution in [2.45, 2.75) is 38.5 Å². The van der Waals surface area contributed by atoms with Gasteiger partial charge in [-0.1, -0.05) is 78.9 Å². The number of hydrogen-bond donors (Lipinski definition) is 2. The molecule has 0 spiro atoms. The standard InChI is InChI=1S/C31H32FN7O/c32-26-16-8-7-14-24(26)20-39-29(40)27-28(35-30(39)34-18-22-10-3-1-4-11-22)36-31(37-17-9-15-25(33)21-37)38(27)19-23-12-5-2-6-13-23/h1-8,10-14,16,25H,9,15,17-21,33H2,(H,34,35). The van der Waals surface area contributed by atoms with Crippen LogP contribution in [0.4, 0.5) is 16.3 Å². The van der Waals surface area contributed by atoms with Gasteiger partial charge in [0.15, 0.2) is 11.2 Å². The summed E-state index contributed by atoms with van der Waals surface area (Å²) in [7, 11) is 0. The predicted molar refractivity (Wildman–Crippen MR) is 156 cm³/mol. The van der Waals surface area contributed by atoms with Crippen molar-refractivity contribution in [3.05, 3.63) is 118 Å². The molecule has 204 valence electrons. The summed E-state index contributed by atoms with van der Waals surface area (Å²) in [6.45, 7) is 2.39. The van der Waals surface area contributed by atoms with Gasteiger partial charge in [0, 0.05) is 31.2 Å². The Morgan fingerprint density at radius 3 is 2.30 bits per heavy atom. The summed E-state index contributed by atoms with van der Waals surface area (Å²) in [5.41, 5.74) is 9.27. The second kappa shape index (κ2) is 11.3. The Morgan fingerprint density at radius 2 is 1.57 bits per heavy atom. The molecule has 8 nitrogen and oxygen atoms in total. The molecule has 1 aliphatic heterocycles. The molecule has 2 aromatic heterocycles. The van der Waals surface area contributed by atoms with Crippen LogP contribution in [-0.2, 0) is 19.6 Å². The van der Waals surface area contributed by atoms with Crippen molar-refractivity contribution in [2.75, 3.05) is 23.3 Å². The van der Waals surface area contributed by atoms with Crippen LogP contribution in [0, 0.1) is 5.82 Å². The van der Waals surface area contributed by atoms with E-state index in [1.54, 1.807) is 18.2 Å². The molecule has 1 fully saturated rings. The lowest BCUT2D eigenvalue weighted by Gasteiger charge is -2.31. The highest BCUT2D eigenvalue weighted by Crippen LogP contribution is 2.25. The first-order valence-corrected chi connectivity index (χ1v) is 13.6. The Bertz CT molecular complexity index is 1670. The largest absolute Gasteiger partial charge is 0.351 e. The van der Waals surface area contributed by atoms with Crippen LogP contribution in [0.3, 0.4) is 0 Å². The number of hydrogen-bond acceptors (Lipinski definition) is 6. The van der Waals surface area contributed by atoms with E-state index >= 15 is 0 Å². The zero-order valence-corrected chi connectivity index (χ0v) is 22.2. The highest BCUT2D eigenvalue weighted by Gasteiger charge is 2.26. The van der Waals surface area contributed by atoms with E-state index in [0.717, 1.165) is 30.5 Å². The molecule has 1 atom stereocenters. The number of nitrogens with one attached hydrogen (secondary N) is 1. The summed E-state index contributed by atoms with van der Waals surface area (Å²) in [4.78, 5) is 26.2. The molecular weight excluding hydrogens is 505 g/mol. The molecule has 6 rings (SSSR count). The van der Waals surface area contributed by atoms with Crippen LogP contribution in [0.25, 0.3) is 11.2 Å². The number of halogens is 1. The van der Waals surface area contributed by atoms with E-state index in [0.29, 0.717) is 48.3 Å². The van der Waals surface area contributed by atoms with Gasteiger partial charge in [0.25, 0.3) is 5.56 Å². The number of nitrogens with two attached hydrogens (primary N) is 1. The van der Waals surface area contributed by atoms with Crippen LogP contribution in [0.5, 0.6) is 0 Å². The number of aromatic nitrogens is 4. The molecule has 0 aliphatic carbocycles. The van der Waals surface area contributed by atoms with Crippen LogP contribution < -0.4 is 21.5 Å². The Kier molecular flexibility index (Phi) is 7.29. The van der Waals surface area contributed by atoms with E-state index in [4.69, 9.17) is 15.7 Å². The molecule has 1 aliphatic rings. The van der Waals surface area contributed by atoms with Gasteiger partial charge in [-0.3, -0.25) is 13.9 Å². The minimum Gasteiger partial charge on any atom is -0.351 e. The number of piperidine rings is 1. The van der Waals surface area contributed by atoms with E-state index in [-0.39, 0.29) is 24.0 Å². The van der Waals surface area contributed by atoms with Crippen molar-refractivity contribution >= 4 is 23.1 Å². The maximum Gasteiger partial charge on any atom is 0.281 e. The first-order valence-electron chi connectivity index (χ1n) is 13.6. The van der Waals surface area contributed by atoms with E-state index in [1.807, 2.05) is 65.2 Å². The first kappa shape index (κ1) is 25.8. The monoisotopic (exact) mass is 537 g/mol. The van der Waals surface area contributed by atoms with Crippen molar-refractivity contribution < 1.29 is 4.39 Å². The fourth-order valence-electron chi connectivity index (χ4n) is 5.31. The van der Waals surface area contributed by atoms with Gasteiger partial charge < -0.3 is 16.0 Å². The minimum atomic E-state index is -0.371. The zero-order chi connectivity index (χ0) is 27.5. The number of benzene rings is 3. The van der Waals surface area contributed by atoms with Crippen LogP contribution >= 0.6 is 0 Å². The fraction of sp³-hybridized carbons (Fsp3) is 0.258. The molecule has 9 heteroatoms. The molecule has 40 heavy (non-hydrogen) atoms. The van der Waals surface area contributed by atoms with Crippen molar-refractivity contribution in [1.29, 1.82) is 0 Å². The van der Waals surface area contributed by atoms with Crippen molar-refractivity contribution in [1.82, 2.24) is 19.1 Å². The molecule has 0 bridgehead atoms. The Hall–Kier alpha value is -4.50. The summed E-state index contributed by atoms with van der Waals surface area (Å²) >= 11 is 0. The normalized spacial score (nSPS) is 15.4. The van der Waals surface area contributed by atoms with E-state index < -0.39 is 0 Å². The average molecular weight is 538 g/mol. The van der Waals surface area contributed by atoms with Gasteiger partial charge in [0.1, 0.15) is 5.82 Å². The number of nitrogens with zero attached hydrogens (tertiary/aromatic N) is 5. The van der Waals surface area contributed by atoms with Gasteiger partial charge in [-0.05, 0) is 30.0 Å². The van der Waals surface area contributed by atoms with Gasteiger partial charge in [-0.25, -0.2) is 4.39 Å². The second-order valence-electron chi connectivity index (χ2n) is 10.3. The number of rotatable bonds is 8. The average Bonchev–Trinajstić information content (AvgIpc) is 3.34. The molecule has 0 amide bonds. The molecular formula is C31H32FN7O. The molecule has 1 unspecified atom stereocenters. The van der Waals surface area contributed by atoms with Crippen molar-refractivity contribution in [3.63, 3.8) is 0 Å². The third-order valence-corrected chi connectivity index (χ3v) is 7.35. The maximum absolute atomic E-state index is 14.8. The quantitative estimate of drug-likeness (QED) is 0.305. The van der Waals surface area contributed by atoms with Crippen LogP contribution in [-0.4, -0.2) is 38.2 Å². The lowest BCUT2D eigenvalue weighted by Crippen LogP contribution is -2.44. The van der Waals surface area contributed by atoms with E-state index in [1.165, 1.54) is 10.6 Å². The lowest BCUT2D eigenvalue weighted by atomic mass is 10.1. The van der Waals surface area contributed by atoms with Crippen molar-refractivity contribution in [2.24, 2.45) is 5.73 Å². The summed E-state index contributed by atoms with van der Waals surface area (Å²) in [5.74, 6) is 0.649. The van der Waals surface area contributed by atoms with Crippen LogP contribution in [0.1, 0.15) is 29.5 Å². The molecule has 3 heterocycles. The molecule has 5 aromatic rings. The molecule has 3 aromatic carbocycles. The highest BCUT2D eigenvalue weighted by atomic mass is 19.1. The van der Waals surface area contributed by atoms with Gasteiger partial charge in [-0.15, -0.1) is 0 Å². The Morgan fingerprint density at radius 1 is 0.875 bits per heavy atom. The van der Waals surface area contributed by atoms with E-state index in [9.17, 15) is 9.18 Å². The molecule has 1 saturated heterocycles. The fourth-order valence-corrected chi connectivity index (χ4v) is 5.31. The van der Waals surface area contributed by atoms with Gasteiger partial charge in [0.2, 0.25) is 11.9 Å². The number of imidazole rings is 1. The van der Waals surface area contributed by atoms with Crippen LogP contribution in [0.15, 0.2) is 89.7 Å². The second-order valence-corrected chi connectivity index (χ2v) is 10.3. The topological polar surface area (TPSA) is 94.0 Å². The highest BCUT2D eigenvalue weighted by molar-refractivity contribution is 5.76. The summed E-state index contributed by atoms with van der Waals surface area (Å²) in [6.07, 6.45) is 1.90. The Labute approximate surface area is 231 Å². The maximum atomic E-state index is 14.8. The number of fused-ring (bicyclic) bond motifs is 1. The van der Waals surface area contributed by atoms with Crippen molar-refractivity contribution in [3.8, 4) is 0 Å². The van der Waals surface area contributed by atoms with Crippen LogP contribution in [0.2, 0.25) is 0 Å². The molecule has 0 saturated carbocycles. The summed E-state index contributed by atoms with van der Waals surface area (Å²) in [5, 5.41) is 3.31. The molecule has 0 radical (unpaired) electrons. The van der Waals surface area contributed by atoms with Gasteiger partial charge >= 0.3 is 0 Å². The lowest BCUT2D eigenvalue weighted by molar-refractivity contribution is 0.495.